The number of hydrogen-bond donors (Lipinski definition) is 3. The van der Waals surface area contributed by atoms with E-state index in [0.29, 0.717) is 23.5 Å². The van der Waals surface area contributed by atoms with Crippen molar-refractivity contribution in [2.24, 2.45) is 0 Å². The molecule has 0 aliphatic carbocycles. The molecule has 3 aromatic carbocycles. The van der Waals surface area contributed by atoms with E-state index in [4.69, 9.17) is 5.73 Å². The number of benzene rings is 3. The van der Waals surface area contributed by atoms with Gasteiger partial charge in [0.1, 0.15) is 0 Å². The minimum absolute atomic E-state index is 0.110. The number of anilines is 3. The normalized spacial score (nSPS) is 10.7. The van der Waals surface area contributed by atoms with Crippen molar-refractivity contribution >= 4 is 39.8 Å². The van der Waals surface area contributed by atoms with Gasteiger partial charge in [-0.15, -0.1) is 0 Å². The van der Waals surface area contributed by atoms with Gasteiger partial charge in [-0.05, 0) is 48.0 Å². The molecule has 0 bridgehead atoms. The number of carbonyl (C=O) groups excluding carboxylic acids is 2. The molecule has 0 saturated carbocycles. The van der Waals surface area contributed by atoms with Gasteiger partial charge < -0.3 is 16.4 Å². The van der Waals surface area contributed by atoms with Crippen LogP contribution in [0.4, 0.5) is 17.1 Å². The first-order valence-corrected chi connectivity index (χ1v) is 9.47. The summed E-state index contributed by atoms with van der Waals surface area (Å²) in [6.45, 7) is 2.05. The summed E-state index contributed by atoms with van der Waals surface area (Å²) < 4.78 is 1.84. The van der Waals surface area contributed by atoms with Crippen molar-refractivity contribution in [1.82, 2.24) is 9.78 Å². The van der Waals surface area contributed by atoms with Gasteiger partial charge in [-0.25, -0.2) is 0 Å². The lowest BCUT2D eigenvalue weighted by Crippen LogP contribution is -2.13. The number of aromatic nitrogens is 2. The fraction of sp³-hybridized carbons (Fsp3) is 0.0870. The average molecular weight is 399 g/mol. The molecule has 1 aromatic heterocycles. The molecule has 2 amide bonds. The number of hydrogen-bond acceptors (Lipinski definition) is 4. The summed E-state index contributed by atoms with van der Waals surface area (Å²) >= 11 is 0. The van der Waals surface area contributed by atoms with Gasteiger partial charge in [-0.3, -0.25) is 14.3 Å². The van der Waals surface area contributed by atoms with Gasteiger partial charge >= 0.3 is 0 Å². The Hall–Kier alpha value is -4.13. The number of para-hydroxylation sites is 2. The minimum Gasteiger partial charge on any atom is -0.397 e. The Labute approximate surface area is 173 Å². The summed E-state index contributed by atoms with van der Waals surface area (Å²) in [6, 6.07) is 20.1. The lowest BCUT2D eigenvalue weighted by Gasteiger charge is -2.08. The Morgan fingerprint density at radius 1 is 1.00 bits per heavy atom. The van der Waals surface area contributed by atoms with Gasteiger partial charge in [-0.1, -0.05) is 24.3 Å². The van der Waals surface area contributed by atoms with Crippen molar-refractivity contribution in [1.29, 1.82) is 0 Å². The summed E-state index contributed by atoms with van der Waals surface area (Å²) in [7, 11) is 0. The largest absolute Gasteiger partial charge is 0.397 e. The van der Waals surface area contributed by atoms with Crippen molar-refractivity contribution in [3.63, 3.8) is 0 Å². The zero-order valence-electron chi connectivity index (χ0n) is 16.4. The predicted octanol–water partition coefficient (Wildman–Crippen LogP) is 3.88. The highest BCUT2D eigenvalue weighted by Gasteiger charge is 2.09. The number of nitrogens with two attached hydrogens (primary N) is 1. The van der Waals surface area contributed by atoms with E-state index in [0.717, 1.165) is 22.2 Å². The number of nitrogens with zero attached hydrogens (tertiary/aromatic N) is 2. The van der Waals surface area contributed by atoms with E-state index < -0.39 is 0 Å². The number of rotatable bonds is 5. The Bertz CT molecular complexity index is 1230. The van der Waals surface area contributed by atoms with Crippen molar-refractivity contribution in [3.8, 4) is 0 Å². The van der Waals surface area contributed by atoms with Crippen LogP contribution in [0.25, 0.3) is 10.9 Å². The van der Waals surface area contributed by atoms with Crippen LogP contribution in [0.15, 0.2) is 72.9 Å². The fourth-order valence-electron chi connectivity index (χ4n) is 3.19. The molecule has 0 atom stereocenters. The third kappa shape index (κ3) is 4.30. The van der Waals surface area contributed by atoms with Gasteiger partial charge in [-0.2, -0.15) is 5.10 Å². The van der Waals surface area contributed by atoms with Crippen molar-refractivity contribution < 1.29 is 9.59 Å². The number of amides is 2. The second kappa shape index (κ2) is 8.08. The van der Waals surface area contributed by atoms with Crippen molar-refractivity contribution in [2.45, 2.75) is 13.5 Å². The molecule has 1 heterocycles. The van der Waals surface area contributed by atoms with E-state index in [1.54, 1.807) is 24.3 Å². The Morgan fingerprint density at radius 2 is 1.77 bits per heavy atom. The fourth-order valence-corrected chi connectivity index (χ4v) is 3.19. The first-order chi connectivity index (χ1) is 14.5. The maximum absolute atomic E-state index is 12.4. The lowest BCUT2D eigenvalue weighted by atomic mass is 10.1. The zero-order valence-corrected chi connectivity index (χ0v) is 16.4. The van der Waals surface area contributed by atoms with Gasteiger partial charge in [0.25, 0.3) is 5.91 Å². The van der Waals surface area contributed by atoms with E-state index in [9.17, 15) is 9.59 Å². The number of nitrogens with one attached hydrogen (secondary N) is 2. The third-order valence-corrected chi connectivity index (χ3v) is 4.64. The van der Waals surface area contributed by atoms with Crippen LogP contribution < -0.4 is 16.4 Å². The van der Waals surface area contributed by atoms with Crippen LogP contribution in [-0.2, 0) is 11.3 Å². The Balaban J connectivity index is 1.46. The van der Waals surface area contributed by atoms with Crippen LogP contribution in [0.1, 0.15) is 22.8 Å². The van der Waals surface area contributed by atoms with E-state index in [1.807, 2.05) is 53.3 Å². The van der Waals surface area contributed by atoms with Crippen LogP contribution >= 0.6 is 0 Å². The van der Waals surface area contributed by atoms with E-state index >= 15 is 0 Å². The van der Waals surface area contributed by atoms with Crippen LogP contribution in [0, 0.1) is 0 Å². The van der Waals surface area contributed by atoms with Gasteiger partial charge in [0, 0.05) is 29.8 Å². The second-order valence-corrected chi connectivity index (χ2v) is 7.02. The van der Waals surface area contributed by atoms with Crippen LogP contribution in [0.5, 0.6) is 0 Å². The summed E-state index contributed by atoms with van der Waals surface area (Å²) in [5.41, 5.74) is 10.1. The molecule has 4 N–H and O–H groups in total. The quantitative estimate of drug-likeness (QED) is 0.443. The molecule has 0 radical (unpaired) electrons. The molecule has 4 aromatic rings. The topological polar surface area (TPSA) is 102 Å². The molecule has 0 saturated heterocycles. The molecule has 4 rings (SSSR count). The van der Waals surface area contributed by atoms with E-state index in [2.05, 4.69) is 15.7 Å². The monoisotopic (exact) mass is 399 g/mol. The molecule has 0 spiro atoms. The van der Waals surface area contributed by atoms with Gasteiger partial charge in [0.2, 0.25) is 5.91 Å². The molecule has 0 unspecified atom stereocenters. The molecular formula is C23H21N5O2. The van der Waals surface area contributed by atoms with Crippen LogP contribution in [-0.4, -0.2) is 21.6 Å². The molecule has 30 heavy (non-hydrogen) atoms. The number of carbonyl (C=O) groups is 2. The highest BCUT2D eigenvalue weighted by Crippen LogP contribution is 2.20. The van der Waals surface area contributed by atoms with E-state index in [1.165, 1.54) is 6.92 Å². The first kappa shape index (κ1) is 19.2. The van der Waals surface area contributed by atoms with Crippen molar-refractivity contribution in [2.75, 3.05) is 16.4 Å². The molecule has 7 heteroatoms. The maximum Gasteiger partial charge on any atom is 0.255 e. The summed E-state index contributed by atoms with van der Waals surface area (Å²) in [5.74, 6) is -0.324. The van der Waals surface area contributed by atoms with Crippen LogP contribution in [0.2, 0.25) is 0 Å². The SMILES string of the molecule is CC(=O)Nc1ccc2nn(Cc3ccc(C(=O)Nc4ccccc4N)cc3)cc2c1. The third-order valence-electron chi connectivity index (χ3n) is 4.64. The molecule has 150 valence electrons. The standard InChI is InChI=1S/C23H21N5O2/c1-15(29)25-19-10-11-21-18(12-19)14-28(27-21)13-16-6-8-17(9-7-16)23(30)26-22-5-3-2-4-20(22)24/h2-12,14H,13,24H2,1H3,(H,25,29)(H,26,30). The van der Waals surface area contributed by atoms with Crippen molar-refractivity contribution in [3.05, 3.63) is 84.1 Å². The molecule has 0 aliphatic rings. The van der Waals surface area contributed by atoms with Crippen LogP contribution in [0.3, 0.4) is 0 Å². The molecule has 7 nitrogen and oxygen atoms in total. The lowest BCUT2D eigenvalue weighted by molar-refractivity contribution is -0.114. The maximum atomic E-state index is 12.4. The van der Waals surface area contributed by atoms with Gasteiger partial charge in [0.15, 0.2) is 0 Å². The minimum atomic E-state index is -0.213. The first-order valence-electron chi connectivity index (χ1n) is 9.47. The summed E-state index contributed by atoms with van der Waals surface area (Å²) in [5, 5.41) is 11.1. The van der Waals surface area contributed by atoms with Gasteiger partial charge in [0.05, 0.1) is 23.4 Å². The highest BCUT2D eigenvalue weighted by molar-refractivity contribution is 6.05. The Kier molecular flexibility index (Phi) is 5.17. The number of fused-ring (bicyclic) bond motifs is 1. The second-order valence-electron chi connectivity index (χ2n) is 7.02. The average Bonchev–Trinajstić information content (AvgIpc) is 3.11. The molecule has 0 fully saturated rings. The molecule has 0 aliphatic heterocycles. The highest BCUT2D eigenvalue weighted by atomic mass is 16.2. The summed E-state index contributed by atoms with van der Waals surface area (Å²) in [4.78, 5) is 23.7. The number of nitrogen functional groups attached to an aromatic ring is 1. The zero-order chi connectivity index (χ0) is 21.1. The Morgan fingerprint density at radius 3 is 2.50 bits per heavy atom. The smallest absolute Gasteiger partial charge is 0.255 e. The molecular weight excluding hydrogens is 378 g/mol. The van der Waals surface area contributed by atoms with E-state index in [-0.39, 0.29) is 11.8 Å². The summed E-state index contributed by atoms with van der Waals surface area (Å²) in [6.07, 6.45) is 1.93. The predicted molar refractivity (Wildman–Crippen MR) is 118 cm³/mol.